The Morgan fingerprint density at radius 2 is 1.97 bits per heavy atom. The van der Waals surface area contributed by atoms with Crippen LogP contribution in [0.25, 0.3) is 11.3 Å². The molecule has 0 atom stereocenters. The van der Waals surface area contributed by atoms with E-state index in [0.29, 0.717) is 10.7 Å². The molecule has 8 nitrogen and oxygen atoms in total. The molecule has 3 aromatic rings. The van der Waals surface area contributed by atoms with Gasteiger partial charge in [-0.2, -0.15) is 5.10 Å². The third-order valence-electron chi connectivity index (χ3n) is 4.36. The standard InChI is InChI=1S/C20H20N4O4S/c1-12-5-6-15(7-13(12)2)16-11-29-20(22-16)23-21-10-14-8-17(24(25)26)19(28-4)18(9-14)27-3/h5-11H,1-4H3,(H,22,23)/b21-10-. The molecule has 0 unspecified atom stereocenters. The van der Waals surface area contributed by atoms with Gasteiger partial charge >= 0.3 is 5.69 Å². The maximum Gasteiger partial charge on any atom is 0.315 e. The lowest BCUT2D eigenvalue weighted by Gasteiger charge is -2.08. The maximum absolute atomic E-state index is 11.3. The zero-order valence-corrected chi connectivity index (χ0v) is 17.2. The topological polar surface area (TPSA) is 98.9 Å². The zero-order valence-electron chi connectivity index (χ0n) is 16.4. The molecule has 0 aliphatic heterocycles. The summed E-state index contributed by atoms with van der Waals surface area (Å²) < 4.78 is 10.3. The largest absolute Gasteiger partial charge is 0.493 e. The number of nitrogens with zero attached hydrogens (tertiary/aromatic N) is 3. The second-order valence-electron chi connectivity index (χ2n) is 6.24. The minimum Gasteiger partial charge on any atom is -0.493 e. The first-order chi connectivity index (χ1) is 13.9. The minimum atomic E-state index is -0.525. The van der Waals surface area contributed by atoms with Crippen molar-refractivity contribution in [3.8, 4) is 22.8 Å². The summed E-state index contributed by atoms with van der Waals surface area (Å²) in [6.07, 6.45) is 1.46. The number of anilines is 1. The quantitative estimate of drug-likeness (QED) is 0.340. The Morgan fingerprint density at radius 3 is 2.62 bits per heavy atom. The number of aryl methyl sites for hydroxylation is 2. The molecule has 29 heavy (non-hydrogen) atoms. The molecule has 3 rings (SSSR count). The molecule has 9 heteroatoms. The second kappa shape index (κ2) is 8.70. The van der Waals surface area contributed by atoms with E-state index in [0.717, 1.165) is 11.3 Å². The monoisotopic (exact) mass is 412 g/mol. The van der Waals surface area contributed by atoms with Gasteiger partial charge in [-0.1, -0.05) is 12.1 Å². The van der Waals surface area contributed by atoms with E-state index in [-0.39, 0.29) is 17.2 Å². The summed E-state index contributed by atoms with van der Waals surface area (Å²) in [4.78, 5) is 15.3. The molecule has 0 bridgehead atoms. The fourth-order valence-corrected chi connectivity index (χ4v) is 3.36. The Balaban J connectivity index is 1.78. The maximum atomic E-state index is 11.3. The molecule has 0 aliphatic rings. The molecular formula is C20H20N4O4S. The lowest BCUT2D eigenvalue weighted by molar-refractivity contribution is -0.385. The van der Waals surface area contributed by atoms with Crippen molar-refractivity contribution >= 4 is 28.4 Å². The number of nitro benzene ring substituents is 1. The molecule has 1 aromatic heterocycles. The number of nitro groups is 1. The molecule has 2 aromatic carbocycles. The summed E-state index contributed by atoms with van der Waals surface area (Å²) >= 11 is 1.42. The van der Waals surface area contributed by atoms with Gasteiger partial charge in [0.2, 0.25) is 10.9 Å². The van der Waals surface area contributed by atoms with Crippen molar-refractivity contribution in [2.24, 2.45) is 5.10 Å². The van der Waals surface area contributed by atoms with E-state index in [1.54, 1.807) is 6.07 Å². The van der Waals surface area contributed by atoms with Gasteiger partial charge in [0, 0.05) is 22.6 Å². The summed E-state index contributed by atoms with van der Waals surface area (Å²) in [5, 5.41) is 18.0. The van der Waals surface area contributed by atoms with Crippen molar-refractivity contribution in [3.05, 3.63) is 62.5 Å². The average Bonchev–Trinajstić information content (AvgIpc) is 3.18. The van der Waals surface area contributed by atoms with E-state index < -0.39 is 4.92 Å². The number of methoxy groups -OCH3 is 2. The molecule has 0 fully saturated rings. The van der Waals surface area contributed by atoms with Gasteiger partial charge in [-0.05, 0) is 37.1 Å². The molecule has 0 spiro atoms. The Bertz CT molecular complexity index is 1080. The fraction of sp³-hybridized carbons (Fsp3) is 0.200. The Kier molecular flexibility index (Phi) is 6.08. The van der Waals surface area contributed by atoms with Crippen molar-refractivity contribution in [2.75, 3.05) is 19.6 Å². The highest BCUT2D eigenvalue weighted by molar-refractivity contribution is 7.14. The van der Waals surface area contributed by atoms with Gasteiger partial charge < -0.3 is 9.47 Å². The van der Waals surface area contributed by atoms with E-state index in [2.05, 4.69) is 41.5 Å². The smallest absolute Gasteiger partial charge is 0.315 e. The van der Waals surface area contributed by atoms with Gasteiger partial charge in [-0.15, -0.1) is 11.3 Å². The lowest BCUT2D eigenvalue weighted by Crippen LogP contribution is -1.99. The van der Waals surface area contributed by atoms with Gasteiger partial charge in [-0.25, -0.2) is 4.98 Å². The van der Waals surface area contributed by atoms with Crippen LogP contribution in [0.5, 0.6) is 11.5 Å². The van der Waals surface area contributed by atoms with Gasteiger partial charge in [0.15, 0.2) is 5.75 Å². The van der Waals surface area contributed by atoms with Crippen LogP contribution in [-0.2, 0) is 0 Å². The fourth-order valence-electron chi connectivity index (χ4n) is 2.70. The van der Waals surface area contributed by atoms with Gasteiger partial charge in [0.05, 0.1) is 31.1 Å². The molecule has 0 saturated carbocycles. The predicted molar refractivity (Wildman–Crippen MR) is 114 cm³/mol. The molecule has 0 aliphatic carbocycles. The van der Waals surface area contributed by atoms with E-state index in [9.17, 15) is 10.1 Å². The number of ether oxygens (including phenoxy) is 2. The molecule has 150 valence electrons. The van der Waals surface area contributed by atoms with Crippen LogP contribution in [0.15, 0.2) is 40.8 Å². The first-order valence-electron chi connectivity index (χ1n) is 8.65. The van der Waals surface area contributed by atoms with Crippen molar-refractivity contribution in [3.63, 3.8) is 0 Å². The number of hydrazone groups is 1. The van der Waals surface area contributed by atoms with Crippen LogP contribution in [0.3, 0.4) is 0 Å². The molecule has 1 N–H and O–H groups in total. The summed E-state index contributed by atoms with van der Waals surface area (Å²) in [7, 11) is 2.78. The number of rotatable bonds is 7. The van der Waals surface area contributed by atoms with Crippen LogP contribution in [0, 0.1) is 24.0 Å². The first kappa shape index (κ1) is 20.3. The van der Waals surface area contributed by atoms with Crippen LogP contribution in [0.1, 0.15) is 16.7 Å². The number of thiazole rings is 1. The second-order valence-corrected chi connectivity index (χ2v) is 7.10. The number of aromatic nitrogens is 1. The van der Waals surface area contributed by atoms with Crippen LogP contribution in [0.2, 0.25) is 0 Å². The summed E-state index contributed by atoms with van der Waals surface area (Å²) in [6, 6.07) is 9.18. The number of nitrogens with one attached hydrogen (secondary N) is 1. The molecular weight excluding hydrogens is 392 g/mol. The third kappa shape index (κ3) is 4.52. The Hall–Kier alpha value is -3.46. The van der Waals surface area contributed by atoms with E-state index in [1.165, 1.54) is 49.0 Å². The highest BCUT2D eigenvalue weighted by Crippen LogP contribution is 2.37. The molecule has 0 saturated heterocycles. The number of hydrogen-bond acceptors (Lipinski definition) is 8. The number of benzene rings is 2. The molecule has 1 heterocycles. The Morgan fingerprint density at radius 1 is 1.17 bits per heavy atom. The number of hydrogen-bond donors (Lipinski definition) is 1. The van der Waals surface area contributed by atoms with E-state index >= 15 is 0 Å². The zero-order chi connectivity index (χ0) is 21.0. The first-order valence-corrected chi connectivity index (χ1v) is 9.53. The lowest BCUT2D eigenvalue weighted by atomic mass is 10.1. The highest BCUT2D eigenvalue weighted by Gasteiger charge is 2.21. The van der Waals surface area contributed by atoms with Crippen molar-refractivity contribution in [1.82, 2.24) is 4.98 Å². The Labute approximate surface area is 172 Å². The highest BCUT2D eigenvalue weighted by atomic mass is 32.1. The SMILES string of the molecule is COc1cc(/C=N\Nc2nc(-c3ccc(C)c(C)c3)cs2)cc([N+](=O)[O-])c1OC. The van der Waals surface area contributed by atoms with Crippen LogP contribution >= 0.6 is 11.3 Å². The van der Waals surface area contributed by atoms with Gasteiger partial charge in [0.25, 0.3) is 0 Å². The van der Waals surface area contributed by atoms with E-state index in [4.69, 9.17) is 9.47 Å². The van der Waals surface area contributed by atoms with Crippen LogP contribution in [-0.4, -0.2) is 30.3 Å². The van der Waals surface area contributed by atoms with Crippen LogP contribution < -0.4 is 14.9 Å². The summed E-state index contributed by atoms with van der Waals surface area (Å²) in [6.45, 7) is 4.14. The third-order valence-corrected chi connectivity index (χ3v) is 5.11. The van der Waals surface area contributed by atoms with Crippen molar-refractivity contribution in [2.45, 2.75) is 13.8 Å². The average molecular weight is 412 g/mol. The van der Waals surface area contributed by atoms with Gasteiger partial charge in [0.1, 0.15) is 0 Å². The van der Waals surface area contributed by atoms with Crippen molar-refractivity contribution in [1.29, 1.82) is 0 Å². The van der Waals surface area contributed by atoms with E-state index in [1.807, 2.05) is 11.4 Å². The summed E-state index contributed by atoms with van der Waals surface area (Å²) in [5.74, 6) is 0.329. The van der Waals surface area contributed by atoms with Crippen molar-refractivity contribution < 1.29 is 14.4 Å². The predicted octanol–water partition coefficient (Wildman–Crippen LogP) is 4.80. The summed E-state index contributed by atoms with van der Waals surface area (Å²) in [5.41, 5.74) is 7.49. The normalized spacial score (nSPS) is 10.9. The minimum absolute atomic E-state index is 0.0700. The van der Waals surface area contributed by atoms with Crippen LogP contribution in [0.4, 0.5) is 10.8 Å². The molecule has 0 amide bonds. The van der Waals surface area contributed by atoms with Gasteiger partial charge in [-0.3, -0.25) is 15.5 Å². The molecule has 0 radical (unpaired) electrons.